The first kappa shape index (κ1) is 21.6. The number of carbonyl (C=O) groups excluding carboxylic acids is 1. The van der Waals surface area contributed by atoms with Gasteiger partial charge in [0.1, 0.15) is 0 Å². The largest absolute Gasteiger partial charge is 0.384 e. The lowest BCUT2D eigenvalue weighted by molar-refractivity contribution is 0.0174. The summed E-state index contributed by atoms with van der Waals surface area (Å²) in [4.78, 5) is 17.0. The molecule has 4 rings (SSSR count). The quantitative estimate of drug-likeness (QED) is 0.744. The molecule has 0 unspecified atom stereocenters. The molecule has 3 aliphatic rings. The number of amides is 2. The average molecular weight is 416 g/mol. The van der Waals surface area contributed by atoms with Crippen molar-refractivity contribution in [3.63, 3.8) is 0 Å². The number of nitrogens with zero attached hydrogens (tertiary/aromatic N) is 2. The van der Waals surface area contributed by atoms with Crippen LogP contribution in [-0.2, 0) is 9.47 Å². The molecule has 2 saturated heterocycles. The number of rotatable bonds is 7. The molecular formula is C24H37N3O3. The van der Waals surface area contributed by atoms with Gasteiger partial charge in [-0.2, -0.15) is 0 Å². The van der Waals surface area contributed by atoms with Crippen LogP contribution < -0.4 is 5.32 Å². The molecule has 0 spiro atoms. The molecular weight excluding hydrogens is 378 g/mol. The number of likely N-dealkylation sites (tertiary alicyclic amines) is 2. The van der Waals surface area contributed by atoms with E-state index in [1.54, 1.807) is 14.2 Å². The molecule has 2 amide bonds. The molecule has 2 aliphatic heterocycles. The zero-order valence-electron chi connectivity index (χ0n) is 18.5. The number of ether oxygens (including phenoxy) is 2. The van der Waals surface area contributed by atoms with E-state index in [2.05, 4.69) is 35.6 Å². The Kier molecular flexibility index (Phi) is 6.96. The monoisotopic (exact) mass is 415 g/mol. The van der Waals surface area contributed by atoms with E-state index < -0.39 is 0 Å². The molecule has 1 aliphatic carbocycles. The molecule has 2 heterocycles. The molecule has 1 aromatic carbocycles. The van der Waals surface area contributed by atoms with Gasteiger partial charge >= 0.3 is 6.03 Å². The number of nitrogens with one attached hydrogen (secondary N) is 1. The minimum Gasteiger partial charge on any atom is -0.384 e. The Morgan fingerprint density at radius 1 is 1.07 bits per heavy atom. The molecule has 0 radical (unpaired) electrons. The smallest absolute Gasteiger partial charge is 0.320 e. The van der Waals surface area contributed by atoms with Gasteiger partial charge in [-0.25, -0.2) is 4.79 Å². The maximum atomic E-state index is 13.0. The number of benzene rings is 1. The standard InChI is InChI=1S/C24H37N3O3/c1-29-18-24(17-25-22-16-21(22)19-6-4-3-5-7-19)10-14-27(15-11-24)23(28)26-12-8-20(30-2)9-13-26/h3-7,20-22,25H,8-18H2,1-2H3/t21-,22+/m0/s1. The zero-order valence-corrected chi connectivity index (χ0v) is 18.5. The normalized spacial score (nSPS) is 26.6. The Bertz CT molecular complexity index is 682. The minimum atomic E-state index is 0.123. The summed E-state index contributed by atoms with van der Waals surface area (Å²) in [7, 11) is 3.56. The van der Waals surface area contributed by atoms with Crippen molar-refractivity contribution in [3.8, 4) is 0 Å². The number of carbonyl (C=O) groups is 1. The van der Waals surface area contributed by atoms with E-state index >= 15 is 0 Å². The summed E-state index contributed by atoms with van der Waals surface area (Å²) in [6, 6.07) is 11.6. The fourth-order valence-corrected chi connectivity index (χ4v) is 5.17. The third-order valence-electron chi connectivity index (χ3n) is 7.35. The lowest BCUT2D eigenvalue weighted by atomic mass is 9.79. The van der Waals surface area contributed by atoms with Crippen LogP contribution in [-0.4, -0.2) is 81.5 Å². The molecule has 2 atom stereocenters. The summed E-state index contributed by atoms with van der Waals surface area (Å²) in [5.74, 6) is 0.641. The molecule has 166 valence electrons. The van der Waals surface area contributed by atoms with Crippen LogP contribution >= 0.6 is 0 Å². The van der Waals surface area contributed by atoms with Gasteiger partial charge in [0, 0.05) is 64.3 Å². The van der Waals surface area contributed by atoms with E-state index in [4.69, 9.17) is 9.47 Å². The van der Waals surface area contributed by atoms with Gasteiger partial charge in [-0.05, 0) is 37.7 Å². The van der Waals surface area contributed by atoms with E-state index in [9.17, 15) is 4.79 Å². The molecule has 1 saturated carbocycles. The van der Waals surface area contributed by atoms with Gasteiger partial charge in [-0.15, -0.1) is 0 Å². The first-order valence-corrected chi connectivity index (χ1v) is 11.5. The fraction of sp³-hybridized carbons (Fsp3) is 0.708. The highest BCUT2D eigenvalue weighted by Gasteiger charge is 2.42. The number of hydrogen-bond acceptors (Lipinski definition) is 4. The lowest BCUT2D eigenvalue weighted by Gasteiger charge is -2.43. The van der Waals surface area contributed by atoms with E-state index in [1.165, 1.54) is 12.0 Å². The first-order chi connectivity index (χ1) is 14.6. The molecule has 6 nitrogen and oxygen atoms in total. The van der Waals surface area contributed by atoms with Gasteiger partial charge in [0.2, 0.25) is 0 Å². The molecule has 0 bridgehead atoms. The van der Waals surface area contributed by atoms with Gasteiger partial charge in [-0.3, -0.25) is 0 Å². The number of methoxy groups -OCH3 is 2. The van der Waals surface area contributed by atoms with E-state index in [-0.39, 0.29) is 11.4 Å². The van der Waals surface area contributed by atoms with Crippen LogP contribution in [0.3, 0.4) is 0 Å². The van der Waals surface area contributed by atoms with Gasteiger partial charge < -0.3 is 24.6 Å². The van der Waals surface area contributed by atoms with E-state index in [0.717, 1.165) is 65.0 Å². The summed E-state index contributed by atoms with van der Waals surface area (Å²) in [6.45, 7) is 4.98. The molecule has 0 aromatic heterocycles. The molecule has 3 fully saturated rings. The fourth-order valence-electron chi connectivity index (χ4n) is 5.17. The van der Waals surface area contributed by atoms with Crippen molar-refractivity contribution in [2.24, 2.45) is 5.41 Å². The SMILES string of the molecule is COCC1(CN[C@@H]2C[C@H]2c2ccccc2)CCN(C(=O)N2CCC(OC)CC2)CC1. The predicted octanol–water partition coefficient (Wildman–Crippen LogP) is 3.09. The van der Waals surface area contributed by atoms with Crippen LogP contribution in [0.2, 0.25) is 0 Å². The summed E-state index contributed by atoms with van der Waals surface area (Å²) in [6.07, 6.45) is 5.40. The van der Waals surface area contributed by atoms with Crippen molar-refractivity contribution < 1.29 is 14.3 Å². The van der Waals surface area contributed by atoms with Crippen LogP contribution in [0.4, 0.5) is 4.79 Å². The third kappa shape index (κ3) is 4.98. The van der Waals surface area contributed by atoms with Crippen LogP contribution in [0, 0.1) is 5.41 Å². The molecule has 1 aromatic rings. The minimum absolute atomic E-state index is 0.123. The summed E-state index contributed by atoms with van der Waals surface area (Å²) in [5.41, 5.74) is 1.56. The van der Waals surface area contributed by atoms with Crippen molar-refractivity contribution in [1.82, 2.24) is 15.1 Å². The highest BCUT2D eigenvalue weighted by molar-refractivity contribution is 5.74. The van der Waals surface area contributed by atoms with Crippen molar-refractivity contribution in [2.75, 3.05) is 53.6 Å². The second kappa shape index (κ2) is 9.67. The van der Waals surface area contributed by atoms with E-state index in [1.807, 2.05) is 9.80 Å². The number of hydrogen-bond donors (Lipinski definition) is 1. The van der Waals surface area contributed by atoms with Gasteiger partial charge in [0.15, 0.2) is 0 Å². The van der Waals surface area contributed by atoms with Gasteiger partial charge in [0.25, 0.3) is 0 Å². The van der Waals surface area contributed by atoms with Crippen molar-refractivity contribution in [1.29, 1.82) is 0 Å². The molecule has 30 heavy (non-hydrogen) atoms. The maximum Gasteiger partial charge on any atom is 0.320 e. The van der Waals surface area contributed by atoms with Crippen LogP contribution in [0.15, 0.2) is 30.3 Å². The van der Waals surface area contributed by atoms with Crippen LogP contribution in [0.25, 0.3) is 0 Å². The van der Waals surface area contributed by atoms with Gasteiger partial charge in [-0.1, -0.05) is 30.3 Å². The topological polar surface area (TPSA) is 54.0 Å². The molecule has 6 heteroatoms. The van der Waals surface area contributed by atoms with E-state index in [0.29, 0.717) is 18.1 Å². The van der Waals surface area contributed by atoms with Crippen LogP contribution in [0.1, 0.15) is 43.6 Å². The van der Waals surface area contributed by atoms with Crippen molar-refractivity contribution in [2.45, 2.75) is 50.2 Å². The van der Waals surface area contributed by atoms with Crippen LogP contribution in [0.5, 0.6) is 0 Å². The Morgan fingerprint density at radius 3 is 2.37 bits per heavy atom. The number of piperidine rings is 2. The Labute approximate surface area is 180 Å². The Morgan fingerprint density at radius 2 is 1.73 bits per heavy atom. The zero-order chi connectivity index (χ0) is 21.0. The first-order valence-electron chi connectivity index (χ1n) is 11.5. The Balaban J connectivity index is 1.26. The van der Waals surface area contributed by atoms with Crippen molar-refractivity contribution >= 4 is 6.03 Å². The maximum absolute atomic E-state index is 13.0. The Hall–Kier alpha value is -1.63. The van der Waals surface area contributed by atoms with Crippen molar-refractivity contribution in [3.05, 3.63) is 35.9 Å². The summed E-state index contributed by atoms with van der Waals surface area (Å²) in [5, 5.41) is 3.81. The summed E-state index contributed by atoms with van der Waals surface area (Å²) >= 11 is 0. The number of urea groups is 1. The lowest BCUT2D eigenvalue weighted by Crippen LogP contribution is -2.54. The second-order valence-corrected chi connectivity index (χ2v) is 9.37. The second-order valence-electron chi connectivity index (χ2n) is 9.37. The van der Waals surface area contributed by atoms with Gasteiger partial charge in [0.05, 0.1) is 12.7 Å². The third-order valence-corrected chi connectivity index (χ3v) is 7.35. The average Bonchev–Trinajstić information content (AvgIpc) is 3.59. The highest BCUT2D eigenvalue weighted by atomic mass is 16.5. The predicted molar refractivity (Wildman–Crippen MR) is 118 cm³/mol. The summed E-state index contributed by atoms with van der Waals surface area (Å²) < 4.78 is 11.1. The molecule has 1 N–H and O–H groups in total. The highest BCUT2D eigenvalue weighted by Crippen LogP contribution is 2.42.